The van der Waals surface area contributed by atoms with Gasteiger partial charge in [0, 0.05) is 13.2 Å². The predicted octanol–water partition coefficient (Wildman–Crippen LogP) is 8.84. The van der Waals surface area contributed by atoms with Crippen molar-refractivity contribution in [1.29, 1.82) is 0 Å². The first-order valence-electron chi connectivity index (χ1n) is 13.1. The van der Waals surface area contributed by atoms with Gasteiger partial charge >= 0.3 is 8.56 Å². The number of hydrogen-bond donors (Lipinski definition) is 0. The van der Waals surface area contributed by atoms with Gasteiger partial charge in [-0.2, -0.15) is 0 Å². The molecule has 174 valence electrons. The zero-order chi connectivity index (χ0) is 21.8. The van der Waals surface area contributed by atoms with E-state index >= 15 is 0 Å². The van der Waals surface area contributed by atoms with E-state index in [1.54, 1.807) is 0 Å². The lowest BCUT2D eigenvalue weighted by Crippen LogP contribution is -2.41. The van der Waals surface area contributed by atoms with Crippen LogP contribution >= 0.6 is 0 Å². The lowest BCUT2D eigenvalue weighted by atomic mass is 10.0. The van der Waals surface area contributed by atoms with Gasteiger partial charge in [0.05, 0.1) is 0 Å². The van der Waals surface area contributed by atoms with Gasteiger partial charge in [-0.1, -0.05) is 128 Å². The molecule has 1 aromatic rings. The molecule has 0 spiro atoms. The van der Waals surface area contributed by atoms with E-state index in [9.17, 15) is 0 Å². The Labute approximate surface area is 189 Å². The van der Waals surface area contributed by atoms with Gasteiger partial charge in [0.2, 0.25) is 0 Å². The second kappa shape index (κ2) is 19.1. The summed E-state index contributed by atoms with van der Waals surface area (Å²) in [6.07, 6.45) is 19.1. The zero-order valence-corrected chi connectivity index (χ0v) is 21.4. The normalized spacial score (nSPS) is 11.8. The molecule has 3 heteroatoms. The van der Waals surface area contributed by atoms with Gasteiger partial charge in [0.1, 0.15) is 0 Å². The molecule has 0 fully saturated rings. The summed E-state index contributed by atoms with van der Waals surface area (Å²) in [6, 6.07) is 12.7. The Morgan fingerprint density at radius 1 is 0.567 bits per heavy atom. The molecule has 0 amide bonds. The van der Waals surface area contributed by atoms with Gasteiger partial charge in [-0.3, -0.25) is 0 Å². The average Bonchev–Trinajstić information content (AvgIpc) is 2.79. The van der Waals surface area contributed by atoms with Crippen LogP contribution in [-0.2, 0) is 15.3 Å². The van der Waals surface area contributed by atoms with Gasteiger partial charge < -0.3 is 8.85 Å². The van der Waals surface area contributed by atoms with Gasteiger partial charge in [0.15, 0.2) is 0 Å². The van der Waals surface area contributed by atoms with E-state index in [1.807, 2.05) is 0 Å². The van der Waals surface area contributed by atoms with Crippen LogP contribution in [0.3, 0.4) is 0 Å². The molecule has 0 radical (unpaired) electrons. The van der Waals surface area contributed by atoms with Crippen LogP contribution in [0.4, 0.5) is 0 Å². The summed E-state index contributed by atoms with van der Waals surface area (Å²) in [4.78, 5) is 0. The predicted molar refractivity (Wildman–Crippen MR) is 134 cm³/mol. The second-order valence-corrected chi connectivity index (χ2v) is 12.6. The highest BCUT2D eigenvalue weighted by Crippen LogP contribution is 2.20. The fourth-order valence-corrected chi connectivity index (χ4v) is 6.47. The molecule has 0 unspecified atom stereocenters. The Balaban J connectivity index is 2.00. The fraction of sp³-hybridized carbons (Fsp3) is 0.778. The highest BCUT2D eigenvalue weighted by molar-refractivity contribution is 6.67. The van der Waals surface area contributed by atoms with Crippen LogP contribution < -0.4 is 0 Å². The first-order valence-corrected chi connectivity index (χ1v) is 15.3. The molecule has 2 nitrogen and oxygen atoms in total. The molecular weight excluding hydrogens is 384 g/mol. The minimum absolute atomic E-state index is 0.788. The van der Waals surface area contributed by atoms with E-state index < -0.39 is 8.56 Å². The Bertz CT molecular complexity index is 473. The lowest BCUT2D eigenvalue weighted by molar-refractivity contribution is 0.167. The SMILES string of the molecule is CCCCCCCCCCCCCCCO[Si](CC)(CC)OCCc1ccccc1. The van der Waals surface area contributed by atoms with Crippen molar-refractivity contribution in [2.24, 2.45) is 0 Å². The standard InChI is InChI=1S/C27H50O2Si/c1-4-7-8-9-10-11-12-13-14-15-16-17-21-25-28-30(5-2,6-3)29-26-24-27-22-19-18-20-23-27/h18-20,22-23H,4-17,21,24-26H2,1-3H3. The van der Waals surface area contributed by atoms with Gasteiger partial charge in [-0.15, -0.1) is 0 Å². The Kier molecular flexibility index (Phi) is 17.4. The lowest BCUT2D eigenvalue weighted by Gasteiger charge is -2.29. The van der Waals surface area contributed by atoms with Crippen molar-refractivity contribution in [3.05, 3.63) is 35.9 Å². The van der Waals surface area contributed by atoms with Crippen molar-refractivity contribution in [3.63, 3.8) is 0 Å². The molecule has 0 atom stereocenters. The number of rotatable bonds is 21. The molecule has 30 heavy (non-hydrogen) atoms. The molecule has 0 bridgehead atoms. The summed E-state index contributed by atoms with van der Waals surface area (Å²) in [5, 5.41) is 0. The van der Waals surface area contributed by atoms with Crippen LogP contribution in [0.1, 0.15) is 110 Å². The van der Waals surface area contributed by atoms with Crippen LogP contribution in [0, 0.1) is 0 Å². The van der Waals surface area contributed by atoms with E-state index in [0.29, 0.717) is 0 Å². The summed E-state index contributed by atoms with van der Waals surface area (Å²) in [5.41, 5.74) is 1.35. The fourth-order valence-electron chi connectivity index (χ4n) is 4.08. The van der Waals surface area contributed by atoms with E-state index in [2.05, 4.69) is 51.1 Å². The number of unbranched alkanes of at least 4 members (excludes halogenated alkanes) is 12. The Morgan fingerprint density at radius 3 is 1.53 bits per heavy atom. The van der Waals surface area contributed by atoms with Gasteiger partial charge in [-0.05, 0) is 30.5 Å². The maximum absolute atomic E-state index is 6.38. The maximum Gasteiger partial charge on any atom is 0.337 e. The Hall–Kier alpha value is -0.643. The third kappa shape index (κ3) is 13.6. The number of hydrogen-bond acceptors (Lipinski definition) is 2. The van der Waals surface area contributed by atoms with E-state index in [1.165, 1.54) is 89.0 Å². The highest BCUT2D eigenvalue weighted by Gasteiger charge is 2.33. The minimum Gasteiger partial charge on any atom is -0.394 e. The molecule has 1 aromatic carbocycles. The molecule has 0 aliphatic rings. The smallest absolute Gasteiger partial charge is 0.337 e. The topological polar surface area (TPSA) is 18.5 Å². The van der Waals surface area contributed by atoms with Crippen molar-refractivity contribution in [3.8, 4) is 0 Å². The first kappa shape index (κ1) is 27.4. The quantitative estimate of drug-likeness (QED) is 0.142. The molecule has 0 aliphatic carbocycles. The van der Waals surface area contributed by atoms with E-state index in [0.717, 1.165) is 31.7 Å². The molecular formula is C27H50O2Si. The van der Waals surface area contributed by atoms with Crippen molar-refractivity contribution in [2.75, 3.05) is 13.2 Å². The van der Waals surface area contributed by atoms with Crippen molar-refractivity contribution < 1.29 is 8.85 Å². The van der Waals surface area contributed by atoms with Crippen molar-refractivity contribution in [2.45, 2.75) is 123 Å². The molecule has 0 saturated heterocycles. The van der Waals surface area contributed by atoms with Crippen LogP contribution in [0.2, 0.25) is 12.1 Å². The zero-order valence-electron chi connectivity index (χ0n) is 20.4. The summed E-state index contributed by atoms with van der Waals surface area (Å²) in [7, 11) is -2.00. The molecule has 0 heterocycles. The maximum atomic E-state index is 6.38. The third-order valence-electron chi connectivity index (χ3n) is 6.29. The molecule has 0 aliphatic heterocycles. The van der Waals surface area contributed by atoms with Gasteiger partial charge in [0.25, 0.3) is 0 Å². The molecule has 0 N–H and O–H groups in total. The molecule has 0 saturated carbocycles. The summed E-state index contributed by atoms with van der Waals surface area (Å²) in [6.45, 7) is 8.44. The number of benzene rings is 1. The average molecular weight is 435 g/mol. The summed E-state index contributed by atoms with van der Waals surface area (Å²) >= 11 is 0. The van der Waals surface area contributed by atoms with Crippen molar-refractivity contribution in [1.82, 2.24) is 0 Å². The highest BCUT2D eigenvalue weighted by atomic mass is 28.4. The van der Waals surface area contributed by atoms with Crippen LogP contribution in [0.5, 0.6) is 0 Å². The third-order valence-corrected chi connectivity index (χ3v) is 9.90. The summed E-state index contributed by atoms with van der Waals surface area (Å²) in [5.74, 6) is 0. The van der Waals surface area contributed by atoms with Crippen molar-refractivity contribution >= 4 is 8.56 Å². The van der Waals surface area contributed by atoms with E-state index in [4.69, 9.17) is 8.85 Å². The first-order chi connectivity index (χ1) is 14.8. The van der Waals surface area contributed by atoms with Gasteiger partial charge in [-0.25, -0.2) is 0 Å². The monoisotopic (exact) mass is 434 g/mol. The van der Waals surface area contributed by atoms with Crippen LogP contribution in [0.25, 0.3) is 0 Å². The second-order valence-electron chi connectivity index (χ2n) is 8.79. The summed E-state index contributed by atoms with van der Waals surface area (Å²) < 4.78 is 12.7. The largest absolute Gasteiger partial charge is 0.394 e. The molecule has 0 aromatic heterocycles. The minimum atomic E-state index is -2.00. The van der Waals surface area contributed by atoms with Crippen LogP contribution in [-0.4, -0.2) is 21.8 Å². The Morgan fingerprint density at radius 2 is 1.03 bits per heavy atom. The molecule has 1 rings (SSSR count). The van der Waals surface area contributed by atoms with E-state index in [-0.39, 0.29) is 0 Å². The van der Waals surface area contributed by atoms with Crippen LogP contribution in [0.15, 0.2) is 30.3 Å².